The molecule has 0 amide bonds. The van der Waals surface area contributed by atoms with Crippen molar-refractivity contribution >= 4 is 11.5 Å². The number of pyridine rings is 1. The van der Waals surface area contributed by atoms with Crippen LogP contribution in [0.5, 0.6) is 0 Å². The number of nitrogens with zero attached hydrogens (tertiary/aromatic N) is 1. The van der Waals surface area contributed by atoms with Crippen LogP contribution < -0.4 is 11.1 Å². The third-order valence-electron chi connectivity index (χ3n) is 3.04. The van der Waals surface area contributed by atoms with Crippen molar-refractivity contribution in [3.05, 3.63) is 17.8 Å². The van der Waals surface area contributed by atoms with Crippen LogP contribution >= 0.6 is 0 Å². The van der Waals surface area contributed by atoms with Gasteiger partial charge in [-0.2, -0.15) is 13.2 Å². The largest absolute Gasteiger partial charge is 0.418 e. The molecule has 1 fully saturated rings. The van der Waals surface area contributed by atoms with Gasteiger partial charge < -0.3 is 11.1 Å². The zero-order valence-electron chi connectivity index (χ0n) is 9.43. The fourth-order valence-corrected chi connectivity index (χ4v) is 1.50. The fourth-order valence-electron chi connectivity index (χ4n) is 1.50. The molecule has 0 atom stereocenters. The molecule has 0 aromatic carbocycles. The van der Waals surface area contributed by atoms with Crippen molar-refractivity contribution in [2.75, 3.05) is 17.6 Å². The molecule has 3 N–H and O–H groups in total. The first-order chi connectivity index (χ1) is 7.80. The summed E-state index contributed by atoms with van der Waals surface area (Å²) in [4.78, 5) is 3.85. The summed E-state index contributed by atoms with van der Waals surface area (Å²) in [6, 6.07) is 0.959. The first-order valence-electron chi connectivity index (χ1n) is 5.37. The number of halogens is 3. The molecule has 0 saturated heterocycles. The number of hydrogen-bond donors (Lipinski definition) is 2. The fraction of sp³-hybridized carbons (Fsp3) is 0.545. The van der Waals surface area contributed by atoms with Gasteiger partial charge in [0.1, 0.15) is 5.82 Å². The summed E-state index contributed by atoms with van der Waals surface area (Å²) in [5.74, 6) is 0.222. The van der Waals surface area contributed by atoms with Gasteiger partial charge in [0.15, 0.2) is 0 Å². The average molecular weight is 245 g/mol. The number of hydrogen-bond acceptors (Lipinski definition) is 3. The number of nitrogens with two attached hydrogens (primary N) is 1. The molecule has 1 saturated carbocycles. The summed E-state index contributed by atoms with van der Waals surface area (Å²) in [5.41, 5.74) is 4.29. The highest BCUT2D eigenvalue weighted by Gasteiger charge is 2.37. The molecule has 1 aromatic rings. The Morgan fingerprint density at radius 2 is 2.12 bits per heavy atom. The summed E-state index contributed by atoms with van der Waals surface area (Å²) in [7, 11) is 0. The first-order valence-corrected chi connectivity index (χ1v) is 5.37. The van der Waals surface area contributed by atoms with Gasteiger partial charge in [-0.15, -0.1) is 0 Å². The number of alkyl halides is 3. The normalized spacial score (nSPS) is 17.9. The molecule has 1 aliphatic carbocycles. The van der Waals surface area contributed by atoms with E-state index in [0.29, 0.717) is 6.54 Å². The molecular formula is C11H14F3N3. The van der Waals surface area contributed by atoms with Gasteiger partial charge in [0.25, 0.3) is 0 Å². The average Bonchev–Trinajstić information content (AvgIpc) is 2.94. The minimum absolute atomic E-state index is 0.210. The van der Waals surface area contributed by atoms with Gasteiger partial charge in [0, 0.05) is 6.54 Å². The van der Waals surface area contributed by atoms with Crippen LogP contribution in [0.3, 0.4) is 0 Å². The number of aromatic nitrogens is 1. The zero-order chi connectivity index (χ0) is 12.7. The van der Waals surface area contributed by atoms with Crippen LogP contribution in [0.15, 0.2) is 12.3 Å². The van der Waals surface area contributed by atoms with Gasteiger partial charge in [0.2, 0.25) is 0 Å². The van der Waals surface area contributed by atoms with Gasteiger partial charge in [-0.1, -0.05) is 6.92 Å². The molecule has 0 unspecified atom stereocenters. The predicted molar refractivity (Wildman–Crippen MR) is 59.5 cm³/mol. The van der Waals surface area contributed by atoms with Crippen molar-refractivity contribution in [3.63, 3.8) is 0 Å². The van der Waals surface area contributed by atoms with Crippen molar-refractivity contribution in [1.29, 1.82) is 0 Å². The van der Waals surface area contributed by atoms with Crippen LogP contribution in [0.1, 0.15) is 25.3 Å². The van der Waals surface area contributed by atoms with E-state index in [-0.39, 0.29) is 16.9 Å². The summed E-state index contributed by atoms with van der Waals surface area (Å²) < 4.78 is 37.7. The summed E-state index contributed by atoms with van der Waals surface area (Å²) in [5, 5.41) is 2.92. The molecule has 17 heavy (non-hydrogen) atoms. The predicted octanol–water partition coefficient (Wildman–Crippen LogP) is 2.89. The molecule has 2 rings (SSSR count). The lowest BCUT2D eigenvalue weighted by Gasteiger charge is -2.14. The van der Waals surface area contributed by atoms with Crippen LogP contribution in [0.4, 0.5) is 24.7 Å². The Bertz CT molecular complexity index is 424. The number of nitrogen functional groups attached to an aromatic ring is 1. The van der Waals surface area contributed by atoms with E-state index in [0.717, 1.165) is 25.1 Å². The topological polar surface area (TPSA) is 50.9 Å². The lowest BCUT2D eigenvalue weighted by atomic mass is 10.1. The van der Waals surface area contributed by atoms with E-state index in [9.17, 15) is 13.2 Å². The van der Waals surface area contributed by atoms with Crippen molar-refractivity contribution < 1.29 is 13.2 Å². The second-order valence-electron chi connectivity index (χ2n) is 4.82. The summed E-state index contributed by atoms with van der Waals surface area (Å²) >= 11 is 0. The van der Waals surface area contributed by atoms with Gasteiger partial charge >= 0.3 is 6.18 Å². The van der Waals surface area contributed by atoms with Crippen LogP contribution in [-0.4, -0.2) is 11.5 Å². The summed E-state index contributed by atoms with van der Waals surface area (Å²) in [6.07, 6.45) is -1.20. The van der Waals surface area contributed by atoms with E-state index in [1.165, 1.54) is 0 Å². The second kappa shape index (κ2) is 3.78. The smallest absolute Gasteiger partial charge is 0.397 e. The Kier molecular flexibility index (Phi) is 2.67. The molecule has 0 radical (unpaired) electrons. The van der Waals surface area contributed by atoms with Gasteiger partial charge in [-0.05, 0) is 24.3 Å². The van der Waals surface area contributed by atoms with E-state index in [1.807, 2.05) is 0 Å². The third-order valence-corrected chi connectivity index (χ3v) is 3.04. The lowest BCUT2D eigenvalue weighted by molar-refractivity contribution is -0.136. The first kappa shape index (κ1) is 12.0. The summed E-state index contributed by atoms with van der Waals surface area (Å²) in [6.45, 7) is 2.73. The van der Waals surface area contributed by atoms with E-state index in [4.69, 9.17) is 5.73 Å². The van der Waals surface area contributed by atoms with Crippen molar-refractivity contribution in [1.82, 2.24) is 4.98 Å². The molecule has 3 nitrogen and oxygen atoms in total. The van der Waals surface area contributed by atoms with Crippen molar-refractivity contribution in [2.45, 2.75) is 25.9 Å². The highest BCUT2D eigenvalue weighted by Crippen LogP contribution is 2.44. The Hall–Kier alpha value is -1.46. The van der Waals surface area contributed by atoms with Gasteiger partial charge in [-0.25, -0.2) is 4.98 Å². The molecule has 0 bridgehead atoms. The Morgan fingerprint density at radius 3 is 2.65 bits per heavy atom. The van der Waals surface area contributed by atoms with Gasteiger partial charge in [0.05, 0.1) is 17.4 Å². The van der Waals surface area contributed by atoms with E-state index >= 15 is 0 Å². The van der Waals surface area contributed by atoms with Crippen molar-refractivity contribution in [3.8, 4) is 0 Å². The molecular weight excluding hydrogens is 231 g/mol. The molecule has 1 heterocycles. The Morgan fingerprint density at radius 1 is 1.47 bits per heavy atom. The Balaban J connectivity index is 2.13. The maximum atomic E-state index is 12.6. The van der Waals surface area contributed by atoms with Gasteiger partial charge in [-0.3, -0.25) is 0 Å². The molecule has 0 spiro atoms. The quantitative estimate of drug-likeness (QED) is 0.860. The second-order valence-corrected chi connectivity index (χ2v) is 4.82. The third kappa shape index (κ3) is 2.81. The van der Waals surface area contributed by atoms with Crippen LogP contribution in [0.2, 0.25) is 0 Å². The maximum absolute atomic E-state index is 12.6. The molecule has 6 heteroatoms. The van der Waals surface area contributed by atoms with Crippen LogP contribution in [-0.2, 0) is 6.18 Å². The monoisotopic (exact) mass is 245 g/mol. The Labute approximate surface area is 97.2 Å². The molecule has 0 aliphatic heterocycles. The minimum Gasteiger partial charge on any atom is -0.397 e. The number of rotatable bonds is 3. The SMILES string of the molecule is CC1(CNc2cc(C(F)(F)F)c(N)cn2)CC1. The van der Waals surface area contributed by atoms with Crippen molar-refractivity contribution in [2.24, 2.45) is 5.41 Å². The lowest BCUT2D eigenvalue weighted by Crippen LogP contribution is -2.15. The van der Waals surface area contributed by atoms with Crippen LogP contribution in [0.25, 0.3) is 0 Å². The maximum Gasteiger partial charge on any atom is 0.418 e. The number of nitrogens with one attached hydrogen (secondary N) is 1. The molecule has 1 aliphatic rings. The molecule has 94 valence electrons. The van der Waals surface area contributed by atoms with E-state index < -0.39 is 11.7 Å². The zero-order valence-corrected chi connectivity index (χ0v) is 9.43. The van der Waals surface area contributed by atoms with E-state index in [1.54, 1.807) is 0 Å². The highest BCUT2D eigenvalue weighted by atomic mass is 19.4. The molecule has 1 aromatic heterocycles. The standard InChI is InChI=1S/C11H14F3N3/c1-10(2-3-10)6-17-9-4-7(11(12,13)14)8(15)5-16-9/h4-5H,2-3,6,15H2,1H3,(H,16,17). The minimum atomic E-state index is -4.44. The number of anilines is 2. The van der Waals surface area contributed by atoms with Crippen LogP contribution in [0, 0.1) is 5.41 Å². The highest BCUT2D eigenvalue weighted by molar-refractivity contribution is 5.53. The van der Waals surface area contributed by atoms with E-state index in [2.05, 4.69) is 17.2 Å².